The van der Waals surface area contributed by atoms with Gasteiger partial charge in [0.2, 0.25) is 0 Å². The highest BCUT2D eigenvalue weighted by Gasteiger charge is 2.36. The fourth-order valence-corrected chi connectivity index (χ4v) is 5.31. The van der Waals surface area contributed by atoms with Crippen LogP contribution in [0.5, 0.6) is 0 Å². The van der Waals surface area contributed by atoms with Gasteiger partial charge in [0.15, 0.2) is 0 Å². The van der Waals surface area contributed by atoms with Gasteiger partial charge < -0.3 is 15.8 Å². The van der Waals surface area contributed by atoms with Crippen molar-refractivity contribution in [2.75, 3.05) is 6.54 Å². The number of hydrogen-bond acceptors (Lipinski definition) is 6. The summed E-state index contributed by atoms with van der Waals surface area (Å²) < 4.78 is 9.64. The molecule has 3 aliphatic carbocycles. The molecule has 0 aromatic carbocycles. The van der Waals surface area contributed by atoms with E-state index >= 15 is 0 Å². The Bertz CT molecular complexity index is 1240. The number of nitrogens with zero attached hydrogens (tertiary/aromatic N) is 5. The first-order chi connectivity index (χ1) is 16.8. The van der Waals surface area contributed by atoms with E-state index in [1.54, 1.807) is 0 Å². The molecule has 3 saturated carbocycles. The Kier molecular flexibility index (Phi) is 5.36. The molecule has 0 aliphatic heterocycles. The zero-order chi connectivity index (χ0) is 24.3. The van der Waals surface area contributed by atoms with E-state index in [9.17, 15) is 4.79 Å². The summed E-state index contributed by atoms with van der Waals surface area (Å²) in [6, 6.07) is 2.97. The van der Waals surface area contributed by atoms with Crippen LogP contribution < -0.4 is 11.1 Å². The summed E-state index contributed by atoms with van der Waals surface area (Å²) in [7, 11) is 0. The van der Waals surface area contributed by atoms with Crippen molar-refractivity contribution in [3.8, 4) is 11.3 Å². The molecule has 3 aromatic rings. The summed E-state index contributed by atoms with van der Waals surface area (Å²) in [6.07, 6.45) is 11.9. The zero-order valence-electron chi connectivity index (χ0n) is 20.8. The number of carbonyl (C=O) groups is 1. The van der Waals surface area contributed by atoms with E-state index in [0.29, 0.717) is 17.9 Å². The number of carbonyl (C=O) groups excluding carboxylic acids is 1. The second-order valence-corrected chi connectivity index (χ2v) is 11.6. The van der Waals surface area contributed by atoms with Crippen LogP contribution in [0.2, 0.25) is 0 Å². The number of amides is 1. The first-order valence-corrected chi connectivity index (χ1v) is 12.9. The van der Waals surface area contributed by atoms with Crippen molar-refractivity contribution in [2.45, 2.75) is 88.9 Å². The molecule has 9 heteroatoms. The van der Waals surface area contributed by atoms with Crippen molar-refractivity contribution in [3.63, 3.8) is 0 Å². The van der Waals surface area contributed by atoms with Crippen molar-refractivity contribution in [2.24, 2.45) is 11.7 Å². The molecule has 9 nitrogen and oxygen atoms in total. The van der Waals surface area contributed by atoms with Gasteiger partial charge in [-0.2, -0.15) is 10.2 Å². The Labute approximate surface area is 205 Å². The first kappa shape index (κ1) is 22.5. The van der Waals surface area contributed by atoms with Crippen molar-refractivity contribution in [1.82, 2.24) is 29.9 Å². The van der Waals surface area contributed by atoms with E-state index in [-0.39, 0.29) is 18.2 Å². The maximum Gasteiger partial charge on any atom is 0.407 e. The number of fused-ring (bicyclic) bond motifs is 1. The second kappa shape index (κ2) is 8.33. The molecule has 3 N–H and O–H groups in total. The molecule has 1 amide bonds. The highest BCUT2D eigenvalue weighted by molar-refractivity contribution is 5.82. The van der Waals surface area contributed by atoms with Crippen LogP contribution in [0.25, 0.3) is 22.2 Å². The van der Waals surface area contributed by atoms with Crippen LogP contribution in [-0.2, 0) is 4.74 Å². The molecule has 3 fully saturated rings. The largest absolute Gasteiger partial charge is 0.444 e. The van der Waals surface area contributed by atoms with Crippen molar-refractivity contribution < 1.29 is 9.53 Å². The lowest BCUT2D eigenvalue weighted by Gasteiger charge is -2.36. The quantitative estimate of drug-likeness (QED) is 0.547. The number of aromatic nitrogens is 5. The van der Waals surface area contributed by atoms with Gasteiger partial charge in [-0.3, -0.25) is 14.3 Å². The van der Waals surface area contributed by atoms with Gasteiger partial charge >= 0.3 is 6.09 Å². The SMILES string of the molecule is CC(C)(C)OC(=O)N[C@H]1C[C@H](n2ncc3cnc(-c4cn([C@H]5C[C@H](CN)C5)nc4C4CC4)cc32)C1. The fraction of sp³-hybridized carbons (Fsp3) is 0.615. The van der Waals surface area contributed by atoms with Gasteiger partial charge in [0, 0.05) is 35.3 Å². The lowest BCUT2D eigenvalue weighted by atomic mass is 9.80. The average molecular weight is 478 g/mol. The highest BCUT2D eigenvalue weighted by Crippen LogP contribution is 2.45. The van der Waals surface area contributed by atoms with Gasteiger partial charge in [0.25, 0.3) is 0 Å². The number of pyridine rings is 1. The summed E-state index contributed by atoms with van der Waals surface area (Å²) in [5.74, 6) is 1.17. The van der Waals surface area contributed by atoms with E-state index in [1.165, 1.54) is 18.5 Å². The third kappa shape index (κ3) is 4.42. The number of alkyl carbamates (subject to hydrolysis) is 1. The molecule has 0 unspecified atom stereocenters. The lowest BCUT2D eigenvalue weighted by molar-refractivity contribution is 0.0454. The number of ether oxygens (including phenoxy) is 1. The van der Waals surface area contributed by atoms with Crippen LogP contribution in [-0.4, -0.2) is 48.8 Å². The van der Waals surface area contributed by atoms with E-state index in [0.717, 1.165) is 54.4 Å². The molecule has 0 atom stereocenters. The van der Waals surface area contributed by atoms with Crippen LogP contribution in [0.1, 0.15) is 83.0 Å². The average Bonchev–Trinajstić information content (AvgIpc) is 3.36. The molecular weight excluding hydrogens is 442 g/mol. The molecule has 186 valence electrons. The number of nitrogens with one attached hydrogen (secondary N) is 1. The van der Waals surface area contributed by atoms with Gasteiger partial charge in [-0.05, 0) is 77.8 Å². The Morgan fingerprint density at radius 1 is 1.17 bits per heavy atom. The minimum Gasteiger partial charge on any atom is -0.444 e. The van der Waals surface area contributed by atoms with Gasteiger partial charge in [0.05, 0.1) is 35.2 Å². The van der Waals surface area contributed by atoms with E-state index in [2.05, 4.69) is 32.0 Å². The molecule has 0 spiro atoms. The summed E-state index contributed by atoms with van der Waals surface area (Å²) in [5, 5.41) is 13.7. The summed E-state index contributed by atoms with van der Waals surface area (Å²) in [6.45, 7) is 6.38. The van der Waals surface area contributed by atoms with Gasteiger partial charge in [-0.1, -0.05) is 0 Å². The first-order valence-electron chi connectivity index (χ1n) is 12.9. The molecular formula is C26H35N7O2. The highest BCUT2D eigenvalue weighted by atomic mass is 16.6. The normalized spacial score (nSPS) is 26.3. The summed E-state index contributed by atoms with van der Waals surface area (Å²) in [4.78, 5) is 16.9. The van der Waals surface area contributed by atoms with Crippen LogP contribution in [0, 0.1) is 5.92 Å². The molecule has 35 heavy (non-hydrogen) atoms. The Morgan fingerprint density at radius 3 is 2.63 bits per heavy atom. The van der Waals surface area contributed by atoms with Crippen LogP contribution in [0.15, 0.2) is 24.7 Å². The third-order valence-corrected chi connectivity index (χ3v) is 7.58. The molecule has 3 heterocycles. The van der Waals surface area contributed by atoms with Crippen LogP contribution in [0.4, 0.5) is 4.79 Å². The molecule has 3 aromatic heterocycles. The second-order valence-electron chi connectivity index (χ2n) is 11.6. The molecule has 3 aliphatic rings. The topological polar surface area (TPSA) is 113 Å². The molecule has 0 saturated heterocycles. The van der Waals surface area contributed by atoms with Crippen molar-refractivity contribution >= 4 is 17.0 Å². The number of nitrogens with two attached hydrogens (primary N) is 1. The maximum atomic E-state index is 12.1. The fourth-order valence-electron chi connectivity index (χ4n) is 5.31. The van der Waals surface area contributed by atoms with Crippen LogP contribution >= 0.6 is 0 Å². The summed E-state index contributed by atoms with van der Waals surface area (Å²) in [5.41, 5.74) is 9.72. The Balaban J connectivity index is 1.20. The maximum absolute atomic E-state index is 12.1. The van der Waals surface area contributed by atoms with E-state index in [4.69, 9.17) is 20.6 Å². The van der Waals surface area contributed by atoms with E-state index < -0.39 is 5.60 Å². The zero-order valence-corrected chi connectivity index (χ0v) is 20.8. The minimum absolute atomic E-state index is 0.106. The lowest BCUT2D eigenvalue weighted by Crippen LogP contribution is -2.46. The Hall–Kier alpha value is -2.94. The van der Waals surface area contributed by atoms with Crippen LogP contribution in [0.3, 0.4) is 0 Å². The minimum atomic E-state index is -0.493. The summed E-state index contributed by atoms with van der Waals surface area (Å²) >= 11 is 0. The number of hydrogen-bond donors (Lipinski definition) is 2. The predicted molar refractivity (Wildman–Crippen MR) is 133 cm³/mol. The van der Waals surface area contributed by atoms with E-state index in [1.807, 2.05) is 33.2 Å². The molecule has 6 rings (SSSR count). The number of rotatable bonds is 6. The van der Waals surface area contributed by atoms with Crippen molar-refractivity contribution in [3.05, 3.63) is 30.4 Å². The van der Waals surface area contributed by atoms with Gasteiger partial charge in [-0.25, -0.2) is 4.79 Å². The smallest absolute Gasteiger partial charge is 0.407 e. The Morgan fingerprint density at radius 2 is 1.94 bits per heavy atom. The predicted octanol–water partition coefficient (Wildman–Crippen LogP) is 4.31. The monoisotopic (exact) mass is 477 g/mol. The third-order valence-electron chi connectivity index (χ3n) is 7.58. The molecule has 0 radical (unpaired) electrons. The van der Waals surface area contributed by atoms with Gasteiger partial charge in [0.1, 0.15) is 5.60 Å². The molecule has 0 bridgehead atoms. The van der Waals surface area contributed by atoms with Gasteiger partial charge in [-0.15, -0.1) is 0 Å². The standard InChI is InChI=1S/C26H35N7O2/c1-26(2,3)35-25(34)30-18-8-20(9-18)33-23-10-22(28-12-17(23)13-29-33)21-14-32(19-6-15(7-19)11-27)31-24(21)16-4-5-16/h10,12-16,18-20H,4-9,11,27H2,1-3H3,(H,30,34)/t15-,18-,19-,20-. The van der Waals surface area contributed by atoms with Crippen molar-refractivity contribution in [1.29, 1.82) is 0 Å².